The van der Waals surface area contributed by atoms with E-state index in [1.54, 1.807) is 44.2 Å². The number of carboxylic acid groups (broad SMARTS) is 2. The number of aliphatic carboxylic acids is 2. The zero-order chi connectivity index (χ0) is 22.1. The molecule has 0 unspecified atom stereocenters. The maximum absolute atomic E-state index is 14.3. The van der Waals surface area contributed by atoms with E-state index < -0.39 is 40.4 Å². The van der Waals surface area contributed by atoms with E-state index in [1.165, 1.54) is 18.2 Å². The van der Waals surface area contributed by atoms with E-state index in [1.807, 2.05) is 6.07 Å². The molecule has 0 bridgehead atoms. The van der Waals surface area contributed by atoms with Gasteiger partial charge in [-0.15, -0.1) is 0 Å². The molecule has 6 nitrogen and oxygen atoms in total. The minimum Gasteiger partial charge on any atom is -0.481 e. The molecule has 2 N–H and O–H groups in total. The van der Waals surface area contributed by atoms with Crippen LogP contribution in [-0.4, -0.2) is 22.2 Å². The summed E-state index contributed by atoms with van der Waals surface area (Å²) >= 11 is 0. The number of hydrogen-bond acceptors (Lipinski definition) is 4. The molecular formula is C23H20FNO5. The van der Waals surface area contributed by atoms with Crippen LogP contribution in [-0.2, 0) is 9.59 Å². The van der Waals surface area contributed by atoms with Gasteiger partial charge in [0.1, 0.15) is 11.2 Å². The molecule has 3 rings (SSSR count). The highest BCUT2D eigenvalue weighted by molar-refractivity contribution is 5.85. The average Bonchev–Trinajstić information content (AvgIpc) is 3.19. The first-order valence-corrected chi connectivity index (χ1v) is 9.22. The van der Waals surface area contributed by atoms with E-state index in [9.17, 15) is 24.3 Å². The SMILES string of the molecule is CC1(C)[C@H](/C=C\C(=O)O)[C@@]1(C(=O)O)[C@@H](C#N)c1ccc(F)c(Oc2ccccc2)c1. The number of carboxylic acids is 2. The van der Waals surface area contributed by atoms with Gasteiger partial charge in [-0.1, -0.05) is 44.2 Å². The number of para-hydroxylation sites is 1. The lowest BCUT2D eigenvalue weighted by atomic mass is 9.78. The largest absolute Gasteiger partial charge is 0.481 e. The summed E-state index contributed by atoms with van der Waals surface area (Å²) in [4.78, 5) is 23.3. The van der Waals surface area contributed by atoms with Gasteiger partial charge in [0.15, 0.2) is 11.6 Å². The van der Waals surface area contributed by atoms with Crippen molar-refractivity contribution in [1.29, 1.82) is 5.26 Å². The molecule has 1 fully saturated rings. The summed E-state index contributed by atoms with van der Waals surface area (Å²) in [5, 5.41) is 28.9. The minimum absolute atomic E-state index is 0.129. The predicted molar refractivity (Wildman–Crippen MR) is 105 cm³/mol. The Morgan fingerprint density at radius 2 is 1.87 bits per heavy atom. The lowest BCUT2D eigenvalue weighted by molar-refractivity contribution is -0.145. The van der Waals surface area contributed by atoms with Crippen molar-refractivity contribution in [3.8, 4) is 17.6 Å². The van der Waals surface area contributed by atoms with Gasteiger partial charge >= 0.3 is 11.9 Å². The number of hydrogen-bond donors (Lipinski definition) is 2. The quantitative estimate of drug-likeness (QED) is 0.648. The molecule has 154 valence electrons. The topological polar surface area (TPSA) is 108 Å². The van der Waals surface area contributed by atoms with Crippen molar-refractivity contribution in [1.82, 2.24) is 0 Å². The molecule has 3 atom stereocenters. The van der Waals surface area contributed by atoms with Gasteiger partial charge in [-0.05, 0) is 35.2 Å². The Bertz CT molecular complexity index is 1060. The standard InChI is InChI=1S/C23H20FNO5/c1-22(2)19(10-11-20(26)27)23(22,21(28)29)16(13-25)14-8-9-17(24)18(12-14)30-15-6-4-3-5-7-15/h3-12,16,19H,1-2H3,(H,26,27)(H,28,29)/b11-10-/t16-,19-,23+/m0/s1. The summed E-state index contributed by atoms with van der Waals surface area (Å²) < 4.78 is 19.9. The van der Waals surface area contributed by atoms with Gasteiger partial charge in [0.2, 0.25) is 0 Å². The summed E-state index contributed by atoms with van der Waals surface area (Å²) in [6, 6.07) is 14.4. The summed E-state index contributed by atoms with van der Waals surface area (Å²) in [5.74, 6) is -4.64. The molecule has 0 radical (unpaired) electrons. The van der Waals surface area contributed by atoms with Gasteiger partial charge in [-0.2, -0.15) is 5.26 Å². The van der Waals surface area contributed by atoms with E-state index in [2.05, 4.69) is 0 Å². The second kappa shape index (κ2) is 7.64. The highest BCUT2D eigenvalue weighted by Gasteiger charge is 2.78. The Morgan fingerprint density at radius 3 is 2.43 bits per heavy atom. The number of rotatable bonds is 7. The molecule has 0 aromatic heterocycles. The average molecular weight is 409 g/mol. The first kappa shape index (κ1) is 21.1. The third kappa shape index (κ3) is 3.30. The Balaban J connectivity index is 2.04. The fraction of sp³-hybridized carbons (Fsp3) is 0.261. The normalized spacial score (nSPS) is 22.8. The molecular weight excluding hydrogens is 389 g/mol. The van der Waals surface area contributed by atoms with Crippen LogP contribution in [0.5, 0.6) is 11.5 Å². The van der Waals surface area contributed by atoms with Crippen molar-refractivity contribution in [2.75, 3.05) is 0 Å². The Kier molecular flexibility index (Phi) is 5.36. The summed E-state index contributed by atoms with van der Waals surface area (Å²) in [7, 11) is 0. The van der Waals surface area contributed by atoms with Crippen molar-refractivity contribution in [2.45, 2.75) is 19.8 Å². The molecule has 1 aliphatic rings. The molecule has 0 spiro atoms. The van der Waals surface area contributed by atoms with Gasteiger partial charge in [-0.25, -0.2) is 9.18 Å². The van der Waals surface area contributed by atoms with Crippen LogP contribution >= 0.6 is 0 Å². The maximum Gasteiger partial charge on any atom is 0.327 e. The third-order valence-electron chi connectivity index (χ3n) is 5.88. The molecule has 2 aromatic carbocycles. The molecule has 0 heterocycles. The Morgan fingerprint density at radius 1 is 1.20 bits per heavy atom. The molecule has 7 heteroatoms. The van der Waals surface area contributed by atoms with Crippen LogP contribution in [0.15, 0.2) is 60.7 Å². The smallest absolute Gasteiger partial charge is 0.327 e. The summed E-state index contributed by atoms with van der Waals surface area (Å²) in [6.45, 7) is 3.35. The summed E-state index contributed by atoms with van der Waals surface area (Å²) in [5.41, 5.74) is -2.17. The molecule has 0 saturated heterocycles. The number of ether oxygens (including phenoxy) is 1. The number of allylic oxidation sites excluding steroid dienone is 1. The van der Waals surface area contributed by atoms with Crippen LogP contribution in [0, 0.1) is 33.9 Å². The first-order valence-electron chi connectivity index (χ1n) is 9.22. The van der Waals surface area contributed by atoms with Crippen LogP contribution < -0.4 is 4.74 Å². The van der Waals surface area contributed by atoms with Crippen LogP contribution in [0.25, 0.3) is 0 Å². The number of halogens is 1. The fourth-order valence-corrected chi connectivity index (χ4v) is 4.32. The van der Waals surface area contributed by atoms with Crippen LogP contribution in [0.2, 0.25) is 0 Å². The number of nitriles is 1. The molecule has 1 saturated carbocycles. The number of benzene rings is 2. The highest BCUT2D eigenvalue weighted by Crippen LogP contribution is 2.75. The molecule has 0 aliphatic heterocycles. The fourth-order valence-electron chi connectivity index (χ4n) is 4.32. The van der Waals surface area contributed by atoms with Crippen molar-refractivity contribution in [3.05, 3.63) is 72.1 Å². The molecule has 0 amide bonds. The van der Waals surface area contributed by atoms with Crippen LogP contribution in [0.1, 0.15) is 25.3 Å². The van der Waals surface area contributed by atoms with Gasteiger partial charge in [0, 0.05) is 12.0 Å². The lowest BCUT2D eigenvalue weighted by Gasteiger charge is -2.22. The Hall–Kier alpha value is -3.66. The lowest BCUT2D eigenvalue weighted by Crippen LogP contribution is -2.28. The van der Waals surface area contributed by atoms with Gasteiger partial charge in [0.05, 0.1) is 12.0 Å². The van der Waals surface area contributed by atoms with E-state index in [4.69, 9.17) is 9.84 Å². The van der Waals surface area contributed by atoms with E-state index in [0.717, 1.165) is 12.1 Å². The van der Waals surface area contributed by atoms with E-state index in [-0.39, 0.29) is 11.3 Å². The van der Waals surface area contributed by atoms with Crippen molar-refractivity contribution in [3.63, 3.8) is 0 Å². The first-order chi connectivity index (χ1) is 14.2. The van der Waals surface area contributed by atoms with Crippen molar-refractivity contribution >= 4 is 11.9 Å². The van der Waals surface area contributed by atoms with Crippen molar-refractivity contribution in [2.24, 2.45) is 16.7 Å². The third-order valence-corrected chi connectivity index (χ3v) is 5.88. The van der Waals surface area contributed by atoms with E-state index >= 15 is 0 Å². The second-order valence-corrected chi connectivity index (χ2v) is 7.74. The number of carbonyl (C=O) groups is 2. The van der Waals surface area contributed by atoms with Gasteiger partial charge in [-0.3, -0.25) is 4.79 Å². The second-order valence-electron chi connectivity index (χ2n) is 7.74. The zero-order valence-corrected chi connectivity index (χ0v) is 16.4. The number of nitrogens with zero attached hydrogens (tertiary/aromatic N) is 1. The van der Waals surface area contributed by atoms with Gasteiger partial charge in [0.25, 0.3) is 0 Å². The van der Waals surface area contributed by atoms with Crippen LogP contribution in [0.4, 0.5) is 4.39 Å². The monoisotopic (exact) mass is 409 g/mol. The molecule has 30 heavy (non-hydrogen) atoms. The molecule has 1 aliphatic carbocycles. The minimum atomic E-state index is -1.56. The zero-order valence-electron chi connectivity index (χ0n) is 16.4. The molecule has 2 aromatic rings. The van der Waals surface area contributed by atoms with E-state index in [0.29, 0.717) is 5.75 Å². The van der Waals surface area contributed by atoms with Crippen LogP contribution in [0.3, 0.4) is 0 Å². The van der Waals surface area contributed by atoms with Crippen molar-refractivity contribution < 1.29 is 28.9 Å². The maximum atomic E-state index is 14.3. The predicted octanol–water partition coefficient (Wildman–Crippen LogP) is 4.59. The van der Waals surface area contributed by atoms with Gasteiger partial charge < -0.3 is 14.9 Å². The summed E-state index contributed by atoms with van der Waals surface area (Å²) in [6.07, 6.45) is 2.20. The Labute approximate surface area is 172 Å². The highest BCUT2D eigenvalue weighted by atomic mass is 19.1.